The van der Waals surface area contributed by atoms with E-state index in [1.807, 2.05) is 80.1 Å². The Bertz CT molecular complexity index is 1310. The SMILES string of the molecule is Cc1ccccc1CNC(=O)CCc1c(C)n(C)c2nc(-c3ccccc3)nn2c1=O. The van der Waals surface area contributed by atoms with Crippen molar-refractivity contribution in [3.63, 3.8) is 0 Å². The fourth-order valence-corrected chi connectivity index (χ4v) is 3.62. The third-order valence-corrected chi connectivity index (χ3v) is 5.65. The maximum absolute atomic E-state index is 13.1. The number of rotatable bonds is 6. The molecular weight excluding hydrogens is 390 g/mol. The van der Waals surface area contributed by atoms with Gasteiger partial charge in [0.2, 0.25) is 11.7 Å². The van der Waals surface area contributed by atoms with E-state index in [4.69, 9.17) is 0 Å². The average molecular weight is 415 g/mol. The first-order valence-corrected chi connectivity index (χ1v) is 10.3. The van der Waals surface area contributed by atoms with Crippen molar-refractivity contribution in [2.75, 3.05) is 0 Å². The van der Waals surface area contributed by atoms with Crippen molar-refractivity contribution in [2.45, 2.75) is 33.2 Å². The molecule has 0 saturated carbocycles. The second kappa shape index (κ2) is 8.55. The van der Waals surface area contributed by atoms with Crippen LogP contribution < -0.4 is 10.9 Å². The van der Waals surface area contributed by atoms with Crippen LogP contribution in [0.5, 0.6) is 0 Å². The molecule has 1 amide bonds. The topological polar surface area (TPSA) is 81.3 Å². The maximum Gasteiger partial charge on any atom is 0.279 e. The highest BCUT2D eigenvalue weighted by molar-refractivity contribution is 5.76. The molecule has 7 heteroatoms. The van der Waals surface area contributed by atoms with Gasteiger partial charge >= 0.3 is 0 Å². The predicted octanol–water partition coefficient (Wildman–Crippen LogP) is 2.96. The first-order chi connectivity index (χ1) is 15.0. The Hall–Kier alpha value is -3.74. The molecule has 31 heavy (non-hydrogen) atoms. The summed E-state index contributed by atoms with van der Waals surface area (Å²) in [5.74, 6) is 0.892. The zero-order chi connectivity index (χ0) is 22.0. The van der Waals surface area contributed by atoms with Gasteiger partial charge in [-0.15, -0.1) is 5.10 Å². The quantitative estimate of drug-likeness (QED) is 0.525. The van der Waals surface area contributed by atoms with Crippen LogP contribution in [-0.4, -0.2) is 25.1 Å². The molecule has 0 bridgehead atoms. The summed E-state index contributed by atoms with van der Waals surface area (Å²) in [5, 5.41) is 7.37. The zero-order valence-electron chi connectivity index (χ0n) is 17.9. The van der Waals surface area contributed by atoms with Crippen LogP contribution in [-0.2, 0) is 24.8 Å². The minimum absolute atomic E-state index is 0.0895. The second-order valence-electron chi connectivity index (χ2n) is 7.64. The van der Waals surface area contributed by atoms with E-state index in [1.165, 1.54) is 4.52 Å². The molecule has 2 aromatic carbocycles. The molecule has 0 saturated heterocycles. The van der Waals surface area contributed by atoms with E-state index in [2.05, 4.69) is 15.4 Å². The number of nitrogens with zero attached hydrogens (tertiary/aromatic N) is 4. The van der Waals surface area contributed by atoms with Crippen LogP contribution >= 0.6 is 0 Å². The molecule has 0 atom stereocenters. The van der Waals surface area contributed by atoms with Gasteiger partial charge in [-0.1, -0.05) is 54.6 Å². The van der Waals surface area contributed by atoms with Crippen molar-refractivity contribution in [3.8, 4) is 11.4 Å². The molecule has 0 spiro atoms. The first kappa shape index (κ1) is 20.5. The van der Waals surface area contributed by atoms with Gasteiger partial charge in [0.15, 0.2) is 5.82 Å². The van der Waals surface area contributed by atoms with E-state index in [9.17, 15) is 9.59 Å². The highest BCUT2D eigenvalue weighted by Crippen LogP contribution is 2.16. The molecule has 2 aromatic heterocycles. The molecule has 158 valence electrons. The largest absolute Gasteiger partial charge is 0.352 e. The van der Waals surface area contributed by atoms with E-state index in [0.717, 1.165) is 22.4 Å². The Morgan fingerprint density at radius 2 is 1.74 bits per heavy atom. The minimum Gasteiger partial charge on any atom is -0.352 e. The van der Waals surface area contributed by atoms with E-state index in [0.29, 0.717) is 30.1 Å². The number of carbonyl (C=O) groups is 1. The number of fused-ring (bicyclic) bond motifs is 1. The molecule has 0 aliphatic carbocycles. The molecule has 7 nitrogen and oxygen atoms in total. The third-order valence-electron chi connectivity index (χ3n) is 5.65. The van der Waals surface area contributed by atoms with Crippen molar-refractivity contribution in [1.29, 1.82) is 0 Å². The maximum atomic E-state index is 13.1. The van der Waals surface area contributed by atoms with E-state index >= 15 is 0 Å². The smallest absolute Gasteiger partial charge is 0.279 e. The van der Waals surface area contributed by atoms with Gasteiger partial charge in [-0.2, -0.15) is 9.50 Å². The van der Waals surface area contributed by atoms with Gasteiger partial charge in [0.25, 0.3) is 5.56 Å². The lowest BCUT2D eigenvalue weighted by Gasteiger charge is -2.11. The highest BCUT2D eigenvalue weighted by Gasteiger charge is 2.17. The van der Waals surface area contributed by atoms with E-state index < -0.39 is 0 Å². The molecule has 0 unspecified atom stereocenters. The molecule has 4 aromatic rings. The van der Waals surface area contributed by atoms with Crippen molar-refractivity contribution >= 4 is 11.7 Å². The van der Waals surface area contributed by atoms with Crippen LogP contribution in [0.25, 0.3) is 17.2 Å². The summed E-state index contributed by atoms with van der Waals surface area (Å²) in [6.07, 6.45) is 0.572. The van der Waals surface area contributed by atoms with Crippen LogP contribution in [0.2, 0.25) is 0 Å². The van der Waals surface area contributed by atoms with Crippen LogP contribution in [0.15, 0.2) is 59.4 Å². The number of hydrogen-bond donors (Lipinski definition) is 1. The lowest BCUT2D eigenvalue weighted by molar-refractivity contribution is -0.121. The van der Waals surface area contributed by atoms with Crippen LogP contribution in [0.1, 0.15) is 28.8 Å². The summed E-state index contributed by atoms with van der Waals surface area (Å²) < 4.78 is 3.18. The van der Waals surface area contributed by atoms with Crippen molar-refractivity contribution < 1.29 is 4.79 Å². The molecular formula is C24H25N5O2. The van der Waals surface area contributed by atoms with Gasteiger partial charge in [-0.3, -0.25) is 9.59 Å². The molecule has 4 rings (SSSR count). The summed E-state index contributed by atoms with van der Waals surface area (Å²) in [6, 6.07) is 17.5. The van der Waals surface area contributed by atoms with Crippen molar-refractivity contribution in [3.05, 3.63) is 87.3 Å². The molecule has 1 N–H and O–H groups in total. The zero-order valence-corrected chi connectivity index (χ0v) is 17.9. The van der Waals surface area contributed by atoms with Crippen LogP contribution in [0.3, 0.4) is 0 Å². The van der Waals surface area contributed by atoms with Gasteiger partial charge < -0.3 is 9.88 Å². The summed E-state index contributed by atoms with van der Waals surface area (Å²) in [4.78, 5) is 30.1. The van der Waals surface area contributed by atoms with Crippen LogP contribution in [0, 0.1) is 13.8 Å². The number of aryl methyl sites for hydroxylation is 2. The summed E-state index contributed by atoms with van der Waals surface area (Å²) in [5.41, 5.74) is 4.20. The van der Waals surface area contributed by atoms with Crippen LogP contribution in [0.4, 0.5) is 0 Å². The molecule has 0 aliphatic heterocycles. The Balaban J connectivity index is 1.54. The number of benzene rings is 2. The number of carbonyl (C=O) groups excluding carboxylic acids is 1. The Kier molecular flexibility index (Phi) is 5.66. The first-order valence-electron chi connectivity index (χ1n) is 10.3. The Morgan fingerprint density at radius 3 is 2.48 bits per heavy atom. The fourth-order valence-electron chi connectivity index (χ4n) is 3.62. The summed E-state index contributed by atoms with van der Waals surface area (Å²) in [6.45, 7) is 4.37. The predicted molar refractivity (Wildman–Crippen MR) is 120 cm³/mol. The number of nitrogens with one attached hydrogen (secondary N) is 1. The lowest BCUT2D eigenvalue weighted by Crippen LogP contribution is -2.28. The molecule has 0 aliphatic rings. The standard InChI is InChI=1S/C24H25N5O2/c1-16-9-7-8-12-19(16)15-25-21(30)14-13-20-17(2)28(3)24-26-22(27-29(24)23(20)31)18-10-5-4-6-11-18/h4-12H,13-15H2,1-3H3,(H,25,30). The lowest BCUT2D eigenvalue weighted by atomic mass is 10.1. The Labute approximate surface area is 180 Å². The van der Waals surface area contributed by atoms with E-state index in [1.54, 1.807) is 0 Å². The average Bonchev–Trinajstić information content (AvgIpc) is 3.24. The normalized spacial score (nSPS) is 11.1. The minimum atomic E-state index is -0.230. The van der Waals surface area contributed by atoms with Crippen molar-refractivity contribution in [1.82, 2.24) is 24.5 Å². The summed E-state index contributed by atoms with van der Waals surface area (Å²) >= 11 is 0. The third kappa shape index (κ3) is 4.12. The van der Waals surface area contributed by atoms with E-state index in [-0.39, 0.29) is 17.9 Å². The highest BCUT2D eigenvalue weighted by atomic mass is 16.1. The van der Waals surface area contributed by atoms with Gasteiger partial charge in [0, 0.05) is 36.8 Å². The number of amides is 1. The molecule has 0 fully saturated rings. The van der Waals surface area contributed by atoms with Gasteiger partial charge in [0.1, 0.15) is 0 Å². The molecule has 0 radical (unpaired) electrons. The monoisotopic (exact) mass is 415 g/mol. The van der Waals surface area contributed by atoms with Gasteiger partial charge in [-0.25, -0.2) is 0 Å². The van der Waals surface area contributed by atoms with Crippen molar-refractivity contribution in [2.24, 2.45) is 7.05 Å². The number of hydrogen-bond acceptors (Lipinski definition) is 4. The fraction of sp³-hybridized carbons (Fsp3) is 0.250. The number of aromatic nitrogens is 4. The van der Waals surface area contributed by atoms with Gasteiger partial charge in [-0.05, 0) is 31.4 Å². The summed E-state index contributed by atoms with van der Waals surface area (Å²) in [7, 11) is 1.86. The Morgan fingerprint density at radius 1 is 1.03 bits per heavy atom. The second-order valence-corrected chi connectivity index (χ2v) is 7.64. The molecule has 2 heterocycles. The van der Waals surface area contributed by atoms with Gasteiger partial charge in [0.05, 0.1) is 0 Å².